The van der Waals surface area contributed by atoms with E-state index in [9.17, 15) is 10.1 Å². The lowest BCUT2D eigenvalue weighted by molar-refractivity contribution is 0.0913. The maximum atomic E-state index is 12.5. The number of fused-ring (bicyclic) bond motifs is 1. The van der Waals surface area contributed by atoms with E-state index in [2.05, 4.69) is 11.4 Å². The Morgan fingerprint density at radius 3 is 2.70 bits per heavy atom. The van der Waals surface area contributed by atoms with Gasteiger partial charge in [0, 0.05) is 18.0 Å². The Morgan fingerprint density at radius 2 is 2.05 bits per heavy atom. The van der Waals surface area contributed by atoms with Crippen molar-refractivity contribution in [3.8, 4) is 6.07 Å². The Morgan fingerprint density at radius 1 is 1.35 bits per heavy atom. The molecule has 0 spiro atoms. The number of benzene rings is 1. The van der Waals surface area contributed by atoms with Gasteiger partial charge in [0.15, 0.2) is 0 Å². The van der Waals surface area contributed by atoms with Crippen molar-refractivity contribution < 1.29 is 4.79 Å². The minimum Gasteiger partial charge on any atom is -0.340 e. The quantitative estimate of drug-likeness (QED) is 0.909. The molecule has 0 unspecified atom stereocenters. The molecule has 4 nitrogen and oxygen atoms in total. The van der Waals surface area contributed by atoms with Gasteiger partial charge < -0.3 is 9.88 Å². The van der Waals surface area contributed by atoms with Gasteiger partial charge in [-0.3, -0.25) is 4.79 Å². The molecule has 1 N–H and O–H groups in total. The zero-order valence-electron chi connectivity index (χ0n) is 11.5. The summed E-state index contributed by atoms with van der Waals surface area (Å²) in [7, 11) is 1.88. The third-order valence-corrected chi connectivity index (χ3v) is 4.21. The highest BCUT2D eigenvalue weighted by Crippen LogP contribution is 2.29. The second-order valence-corrected chi connectivity index (χ2v) is 5.50. The van der Waals surface area contributed by atoms with E-state index in [1.807, 2.05) is 41.9 Å². The molecule has 0 bridgehead atoms. The number of amides is 1. The van der Waals surface area contributed by atoms with E-state index < -0.39 is 5.54 Å². The first kappa shape index (κ1) is 12.7. The predicted molar refractivity (Wildman–Crippen MR) is 77.2 cm³/mol. The van der Waals surface area contributed by atoms with Gasteiger partial charge in [0.2, 0.25) is 0 Å². The summed E-state index contributed by atoms with van der Waals surface area (Å²) >= 11 is 0. The Hall–Kier alpha value is -2.28. The van der Waals surface area contributed by atoms with Crippen LogP contribution in [0, 0.1) is 11.3 Å². The lowest BCUT2D eigenvalue weighted by atomic mass is 10.00. The third-order valence-electron chi connectivity index (χ3n) is 4.21. The molecule has 0 aliphatic heterocycles. The molecule has 1 aromatic carbocycles. The van der Waals surface area contributed by atoms with Gasteiger partial charge in [-0.2, -0.15) is 5.26 Å². The first-order valence-corrected chi connectivity index (χ1v) is 6.93. The zero-order chi connectivity index (χ0) is 14.2. The molecule has 102 valence electrons. The summed E-state index contributed by atoms with van der Waals surface area (Å²) in [6.45, 7) is 0. The van der Waals surface area contributed by atoms with E-state index in [4.69, 9.17) is 0 Å². The first-order chi connectivity index (χ1) is 9.65. The largest absolute Gasteiger partial charge is 0.340 e. The number of para-hydroxylation sites is 1. The number of nitrogens with one attached hydrogen (secondary N) is 1. The SMILES string of the molecule is Cn1c(C(=O)NC2(C#N)CCCC2)cc2ccccc21. The number of carbonyl (C=O) groups excluding carboxylic acids is 1. The molecule has 0 saturated heterocycles. The highest BCUT2D eigenvalue weighted by Gasteiger charge is 2.36. The standard InChI is InChI=1S/C16H17N3O/c1-19-13-7-3-2-6-12(13)10-14(19)15(20)18-16(11-17)8-4-5-9-16/h2-3,6-7,10H,4-5,8-9H2,1H3,(H,18,20). The van der Waals surface area contributed by atoms with Gasteiger partial charge in [-0.15, -0.1) is 0 Å². The van der Waals surface area contributed by atoms with E-state index in [-0.39, 0.29) is 5.91 Å². The number of hydrogen-bond donors (Lipinski definition) is 1. The van der Waals surface area contributed by atoms with Crippen LogP contribution < -0.4 is 5.32 Å². The molecule has 3 rings (SSSR count). The van der Waals surface area contributed by atoms with Crippen molar-refractivity contribution in [3.63, 3.8) is 0 Å². The molecule has 1 fully saturated rings. The van der Waals surface area contributed by atoms with E-state index in [1.165, 1.54) is 0 Å². The molecule has 1 amide bonds. The second-order valence-electron chi connectivity index (χ2n) is 5.50. The minimum atomic E-state index is -0.673. The average molecular weight is 267 g/mol. The van der Waals surface area contributed by atoms with Crippen LogP contribution in [-0.2, 0) is 7.05 Å². The topological polar surface area (TPSA) is 57.8 Å². The van der Waals surface area contributed by atoms with Crippen LogP contribution in [0.3, 0.4) is 0 Å². The van der Waals surface area contributed by atoms with Gasteiger partial charge in [-0.25, -0.2) is 0 Å². The Bertz CT molecular complexity index is 702. The van der Waals surface area contributed by atoms with Crippen LogP contribution in [0.5, 0.6) is 0 Å². The van der Waals surface area contributed by atoms with Crippen LogP contribution in [0.2, 0.25) is 0 Å². The van der Waals surface area contributed by atoms with Crippen molar-refractivity contribution in [2.45, 2.75) is 31.2 Å². The Kier molecular flexibility index (Phi) is 2.98. The molecule has 1 aromatic heterocycles. The number of nitriles is 1. The summed E-state index contributed by atoms with van der Waals surface area (Å²) in [5, 5.41) is 13.3. The average Bonchev–Trinajstić information content (AvgIpc) is 3.05. The number of rotatable bonds is 2. The second kappa shape index (κ2) is 4.68. The molecular formula is C16H17N3O. The third kappa shape index (κ3) is 1.96. The highest BCUT2D eigenvalue weighted by atomic mass is 16.2. The molecule has 1 saturated carbocycles. The molecule has 1 heterocycles. The van der Waals surface area contributed by atoms with Crippen molar-refractivity contribution in [2.24, 2.45) is 7.05 Å². The van der Waals surface area contributed by atoms with Crippen molar-refractivity contribution >= 4 is 16.8 Å². The maximum absolute atomic E-state index is 12.5. The first-order valence-electron chi connectivity index (χ1n) is 6.93. The van der Waals surface area contributed by atoms with Crippen LogP contribution in [-0.4, -0.2) is 16.0 Å². The van der Waals surface area contributed by atoms with E-state index in [0.717, 1.165) is 36.6 Å². The summed E-state index contributed by atoms with van der Waals surface area (Å²) in [4.78, 5) is 12.5. The lowest BCUT2D eigenvalue weighted by Crippen LogP contribution is -2.45. The fraction of sp³-hybridized carbons (Fsp3) is 0.375. The van der Waals surface area contributed by atoms with Gasteiger partial charge in [-0.1, -0.05) is 18.2 Å². The summed E-state index contributed by atoms with van der Waals surface area (Å²) in [5.74, 6) is -0.160. The van der Waals surface area contributed by atoms with Gasteiger partial charge in [0.1, 0.15) is 11.2 Å². The minimum absolute atomic E-state index is 0.160. The molecule has 2 aromatic rings. The number of carbonyl (C=O) groups is 1. The van der Waals surface area contributed by atoms with Gasteiger partial charge >= 0.3 is 0 Å². The van der Waals surface area contributed by atoms with Crippen LogP contribution in [0.1, 0.15) is 36.2 Å². The highest BCUT2D eigenvalue weighted by molar-refractivity contribution is 5.99. The van der Waals surface area contributed by atoms with Crippen LogP contribution in [0.15, 0.2) is 30.3 Å². The van der Waals surface area contributed by atoms with Crippen LogP contribution in [0.25, 0.3) is 10.9 Å². The van der Waals surface area contributed by atoms with Gasteiger partial charge in [0.25, 0.3) is 5.91 Å². The summed E-state index contributed by atoms with van der Waals surface area (Å²) in [5.41, 5.74) is 0.955. The number of aromatic nitrogens is 1. The van der Waals surface area contributed by atoms with Crippen molar-refractivity contribution in [3.05, 3.63) is 36.0 Å². The van der Waals surface area contributed by atoms with Crippen LogP contribution >= 0.6 is 0 Å². The van der Waals surface area contributed by atoms with Gasteiger partial charge in [0.05, 0.1) is 6.07 Å². The molecule has 20 heavy (non-hydrogen) atoms. The van der Waals surface area contributed by atoms with Gasteiger partial charge in [-0.05, 0) is 37.8 Å². The maximum Gasteiger partial charge on any atom is 0.269 e. The molecule has 0 atom stereocenters. The zero-order valence-corrected chi connectivity index (χ0v) is 11.5. The number of aryl methyl sites for hydroxylation is 1. The Balaban J connectivity index is 1.93. The monoisotopic (exact) mass is 267 g/mol. The summed E-state index contributed by atoms with van der Waals surface area (Å²) in [6.07, 6.45) is 3.50. The van der Waals surface area contributed by atoms with E-state index in [1.54, 1.807) is 0 Å². The Labute approximate surface area is 118 Å². The number of nitrogens with zero attached hydrogens (tertiary/aromatic N) is 2. The fourth-order valence-electron chi connectivity index (χ4n) is 3.03. The summed E-state index contributed by atoms with van der Waals surface area (Å²) < 4.78 is 1.88. The van der Waals surface area contributed by atoms with Crippen molar-refractivity contribution in [1.29, 1.82) is 5.26 Å². The van der Waals surface area contributed by atoms with Crippen molar-refractivity contribution in [2.75, 3.05) is 0 Å². The number of hydrogen-bond acceptors (Lipinski definition) is 2. The molecule has 0 radical (unpaired) electrons. The summed E-state index contributed by atoms with van der Waals surface area (Å²) in [6, 6.07) is 12.1. The lowest BCUT2D eigenvalue weighted by Gasteiger charge is -2.22. The normalized spacial score (nSPS) is 17.0. The molecular weight excluding hydrogens is 250 g/mol. The van der Waals surface area contributed by atoms with Crippen LogP contribution in [0.4, 0.5) is 0 Å². The van der Waals surface area contributed by atoms with Crippen molar-refractivity contribution in [1.82, 2.24) is 9.88 Å². The predicted octanol–water partition coefficient (Wildman–Crippen LogP) is 2.74. The van der Waals surface area contributed by atoms with E-state index >= 15 is 0 Å². The molecule has 1 aliphatic carbocycles. The smallest absolute Gasteiger partial charge is 0.269 e. The fourth-order valence-corrected chi connectivity index (χ4v) is 3.03. The molecule has 4 heteroatoms. The molecule has 1 aliphatic rings. The van der Waals surface area contributed by atoms with E-state index in [0.29, 0.717) is 5.69 Å².